The lowest BCUT2D eigenvalue weighted by molar-refractivity contribution is 0.283. The van der Waals surface area contributed by atoms with E-state index in [0.717, 1.165) is 10.8 Å². The van der Waals surface area contributed by atoms with Crippen LogP contribution in [0.15, 0.2) is 82.5 Å². The minimum absolute atomic E-state index is 0.223. The average Bonchev–Trinajstić information content (AvgIpc) is 2.76. The van der Waals surface area contributed by atoms with Crippen molar-refractivity contribution < 1.29 is 9.47 Å². The Kier molecular flexibility index (Phi) is 5.31. The highest BCUT2D eigenvalue weighted by molar-refractivity contribution is 5.85. The lowest BCUT2D eigenvalue weighted by Gasteiger charge is -2.13. The normalized spacial score (nSPS) is 10.5. The van der Waals surface area contributed by atoms with Crippen LogP contribution in [0.3, 0.4) is 0 Å². The molecule has 4 aromatic rings. The molecule has 1 heterocycles. The molecule has 0 spiro atoms. The van der Waals surface area contributed by atoms with Crippen molar-refractivity contribution in [3.63, 3.8) is 0 Å². The molecule has 148 valence electrons. The summed E-state index contributed by atoms with van der Waals surface area (Å²) in [5, 5.41) is 10.9. The summed E-state index contributed by atoms with van der Waals surface area (Å²) in [6.45, 7) is 0.502. The molecule has 0 aliphatic rings. The van der Waals surface area contributed by atoms with E-state index in [1.165, 1.54) is 16.8 Å². The molecule has 0 bridgehead atoms. The smallest absolute Gasteiger partial charge is 0.328 e. The van der Waals surface area contributed by atoms with Crippen molar-refractivity contribution in [3.8, 4) is 23.3 Å². The van der Waals surface area contributed by atoms with Gasteiger partial charge >= 0.3 is 5.69 Å². The fourth-order valence-electron chi connectivity index (χ4n) is 3.01. The van der Waals surface area contributed by atoms with Crippen LogP contribution < -0.4 is 20.7 Å². The third kappa shape index (κ3) is 4.23. The first kappa shape index (κ1) is 19.0. The Hall–Kier alpha value is -4.31. The molecule has 1 N–H and O–H groups in total. The van der Waals surface area contributed by atoms with Gasteiger partial charge in [-0.1, -0.05) is 24.3 Å². The van der Waals surface area contributed by atoms with Crippen LogP contribution in [0.4, 0.5) is 0 Å². The van der Waals surface area contributed by atoms with Gasteiger partial charge in [0.15, 0.2) is 11.5 Å². The molecule has 0 saturated heterocycles. The fourth-order valence-corrected chi connectivity index (χ4v) is 3.01. The Morgan fingerprint density at radius 3 is 2.50 bits per heavy atom. The molecular formula is C23H17N3O4. The maximum absolute atomic E-state index is 11.7. The van der Waals surface area contributed by atoms with Gasteiger partial charge in [-0.15, -0.1) is 0 Å². The van der Waals surface area contributed by atoms with Gasteiger partial charge < -0.3 is 9.47 Å². The minimum atomic E-state index is -0.480. The zero-order valence-corrected chi connectivity index (χ0v) is 15.9. The van der Waals surface area contributed by atoms with E-state index in [9.17, 15) is 9.59 Å². The van der Waals surface area contributed by atoms with Gasteiger partial charge in [0.1, 0.15) is 12.4 Å². The second-order valence-corrected chi connectivity index (χ2v) is 6.54. The van der Waals surface area contributed by atoms with Crippen LogP contribution in [0.1, 0.15) is 5.56 Å². The molecule has 0 aliphatic carbocycles. The highest BCUT2D eigenvalue weighted by Crippen LogP contribution is 2.32. The second-order valence-electron chi connectivity index (χ2n) is 6.54. The summed E-state index contributed by atoms with van der Waals surface area (Å²) in [5.41, 5.74) is -0.307. The number of nitriles is 1. The Bertz CT molecular complexity index is 1370. The standard InChI is InChI=1S/C23H17N3O4/c24-15-16-5-6-18-14-19(8-7-17(18)13-16)30-21-4-2-1-3-20(21)29-12-11-26-10-9-22(27)25-23(26)28/h1-10,13-14H,11-12H2,(H,25,27,28). The van der Waals surface area contributed by atoms with Crippen molar-refractivity contribution in [3.05, 3.63) is 99.3 Å². The number of aromatic amines is 1. The quantitative estimate of drug-likeness (QED) is 0.536. The van der Waals surface area contributed by atoms with Gasteiger partial charge in [-0.2, -0.15) is 5.26 Å². The Balaban J connectivity index is 1.49. The largest absolute Gasteiger partial charge is 0.488 e. The summed E-state index contributed by atoms with van der Waals surface area (Å²) >= 11 is 0. The summed E-state index contributed by atoms with van der Waals surface area (Å²) in [4.78, 5) is 25.1. The maximum atomic E-state index is 11.7. The molecule has 0 fully saturated rings. The molecule has 0 aliphatic heterocycles. The van der Waals surface area contributed by atoms with Crippen LogP contribution in [0, 0.1) is 11.3 Å². The topological polar surface area (TPSA) is 97.1 Å². The van der Waals surface area contributed by atoms with Crippen LogP contribution >= 0.6 is 0 Å². The summed E-state index contributed by atoms with van der Waals surface area (Å²) in [5.74, 6) is 1.72. The average molecular weight is 399 g/mol. The first-order valence-electron chi connectivity index (χ1n) is 9.26. The number of benzene rings is 3. The van der Waals surface area contributed by atoms with Crippen LogP contribution in [0.25, 0.3) is 10.8 Å². The number of hydrogen-bond acceptors (Lipinski definition) is 5. The SMILES string of the molecule is N#Cc1ccc2cc(Oc3ccccc3OCCn3ccc(=O)[nH]c3=O)ccc2c1. The zero-order chi connectivity index (χ0) is 20.9. The third-order valence-electron chi connectivity index (χ3n) is 4.50. The number of rotatable bonds is 6. The first-order chi connectivity index (χ1) is 14.6. The maximum Gasteiger partial charge on any atom is 0.328 e. The minimum Gasteiger partial charge on any atom is -0.488 e. The van der Waals surface area contributed by atoms with Crippen molar-refractivity contribution in [2.75, 3.05) is 6.61 Å². The summed E-state index contributed by atoms with van der Waals surface area (Å²) < 4.78 is 13.2. The van der Waals surface area contributed by atoms with Gasteiger partial charge in [0.05, 0.1) is 18.2 Å². The molecule has 7 heteroatoms. The number of nitrogens with zero attached hydrogens (tertiary/aromatic N) is 2. The van der Waals surface area contributed by atoms with E-state index in [1.807, 2.05) is 42.5 Å². The highest BCUT2D eigenvalue weighted by Gasteiger charge is 2.07. The Morgan fingerprint density at radius 1 is 0.933 bits per heavy atom. The lowest BCUT2D eigenvalue weighted by Crippen LogP contribution is -2.30. The number of para-hydroxylation sites is 2. The number of ether oxygens (including phenoxy) is 2. The monoisotopic (exact) mass is 399 g/mol. The summed E-state index contributed by atoms with van der Waals surface area (Å²) in [6.07, 6.45) is 1.43. The zero-order valence-electron chi connectivity index (χ0n) is 15.9. The molecule has 4 rings (SSSR count). The van der Waals surface area contributed by atoms with Gasteiger partial charge in [-0.3, -0.25) is 14.3 Å². The van der Waals surface area contributed by atoms with Crippen molar-refractivity contribution >= 4 is 10.8 Å². The van der Waals surface area contributed by atoms with E-state index in [-0.39, 0.29) is 13.2 Å². The number of aromatic nitrogens is 2. The van der Waals surface area contributed by atoms with E-state index in [0.29, 0.717) is 22.8 Å². The number of H-pyrrole nitrogens is 1. The van der Waals surface area contributed by atoms with Gasteiger partial charge in [0, 0.05) is 12.3 Å². The summed E-state index contributed by atoms with van der Waals surface area (Å²) in [6, 6.07) is 21.8. The van der Waals surface area contributed by atoms with Crippen molar-refractivity contribution in [2.45, 2.75) is 6.54 Å². The molecule has 3 aromatic carbocycles. The number of nitrogens with one attached hydrogen (secondary N) is 1. The van der Waals surface area contributed by atoms with Gasteiger partial charge in [-0.05, 0) is 47.2 Å². The molecule has 1 aromatic heterocycles. The molecule has 30 heavy (non-hydrogen) atoms. The predicted octanol–water partition coefficient (Wildman–Crippen LogP) is 3.43. The van der Waals surface area contributed by atoms with Crippen LogP contribution in [-0.4, -0.2) is 16.2 Å². The molecule has 0 atom stereocenters. The Labute approximate surface area is 171 Å². The van der Waals surface area contributed by atoms with Gasteiger partial charge in [0.2, 0.25) is 0 Å². The molecule has 0 radical (unpaired) electrons. The van der Waals surface area contributed by atoms with E-state index in [1.54, 1.807) is 18.2 Å². The Morgan fingerprint density at radius 2 is 1.70 bits per heavy atom. The van der Waals surface area contributed by atoms with Crippen molar-refractivity contribution in [1.29, 1.82) is 5.26 Å². The third-order valence-corrected chi connectivity index (χ3v) is 4.50. The van der Waals surface area contributed by atoms with E-state index >= 15 is 0 Å². The van der Waals surface area contributed by atoms with Crippen LogP contribution in [0.2, 0.25) is 0 Å². The molecule has 0 saturated carbocycles. The molecule has 0 amide bonds. The number of fused-ring (bicyclic) bond motifs is 1. The predicted molar refractivity (Wildman–Crippen MR) is 112 cm³/mol. The van der Waals surface area contributed by atoms with Gasteiger partial charge in [-0.25, -0.2) is 4.79 Å². The lowest BCUT2D eigenvalue weighted by atomic mass is 10.1. The van der Waals surface area contributed by atoms with Crippen LogP contribution in [-0.2, 0) is 6.54 Å². The second kappa shape index (κ2) is 8.37. The molecular weight excluding hydrogens is 382 g/mol. The van der Waals surface area contributed by atoms with E-state index in [2.05, 4.69) is 11.1 Å². The van der Waals surface area contributed by atoms with E-state index in [4.69, 9.17) is 14.7 Å². The van der Waals surface area contributed by atoms with Crippen LogP contribution in [0.5, 0.6) is 17.2 Å². The molecule has 7 nitrogen and oxygen atoms in total. The van der Waals surface area contributed by atoms with Crippen molar-refractivity contribution in [2.24, 2.45) is 0 Å². The molecule has 0 unspecified atom stereocenters. The highest BCUT2D eigenvalue weighted by atomic mass is 16.5. The first-order valence-corrected chi connectivity index (χ1v) is 9.26. The number of hydrogen-bond donors (Lipinski definition) is 1. The fraction of sp³-hybridized carbons (Fsp3) is 0.0870. The summed E-state index contributed by atoms with van der Waals surface area (Å²) in [7, 11) is 0. The van der Waals surface area contributed by atoms with E-state index < -0.39 is 11.2 Å². The van der Waals surface area contributed by atoms with Gasteiger partial charge in [0.25, 0.3) is 5.56 Å². The van der Waals surface area contributed by atoms with Crippen molar-refractivity contribution in [1.82, 2.24) is 9.55 Å².